The molecule has 1 amide bonds. The number of hydrogen-bond acceptors (Lipinski definition) is 4. The Bertz CT molecular complexity index is 845. The number of rotatable bonds is 4. The first-order valence-corrected chi connectivity index (χ1v) is 7.39. The molecule has 112 valence electrons. The molecular weight excluding hydrogens is 280 g/mol. The molecule has 0 aliphatic heterocycles. The molecule has 6 heteroatoms. The molecule has 1 aliphatic rings. The minimum atomic E-state index is -0.223. The summed E-state index contributed by atoms with van der Waals surface area (Å²) in [5, 5.41) is 11.8. The van der Waals surface area contributed by atoms with Gasteiger partial charge < -0.3 is 14.3 Å². The number of amides is 1. The van der Waals surface area contributed by atoms with Gasteiger partial charge in [-0.3, -0.25) is 4.79 Å². The van der Waals surface area contributed by atoms with E-state index in [1.807, 2.05) is 35.8 Å². The van der Waals surface area contributed by atoms with Crippen molar-refractivity contribution in [2.75, 3.05) is 0 Å². The third kappa shape index (κ3) is 2.16. The van der Waals surface area contributed by atoms with Crippen molar-refractivity contribution in [2.45, 2.75) is 32.4 Å². The molecular formula is C16H16N4O2. The molecule has 2 aromatic heterocycles. The highest BCUT2D eigenvalue weighted by Crippen LogP contribution is 2.35. The zero-order valence-electron chi connectivity index (χ0n) is 12.2. The highest BCUT2D eigenvalue weighted by atomic mass is 16.3. The minimum Gasteiger partial charge on any atom is -0.451 e. The predicted octanol–water partition coefficient (Wildman–Crippen LogP) is 2.60. The number of nitrogens with one attached hydrogen (secondary N) is 1. The van der Waals surface area contributed by atoms with Crippen LogP contribution in [0.4, 0.5) is 0 Å². The van der Waals surface area contributed by atoms with Crippen LogP contribution in [0.3, 0.4) is 0 Å². The fourth-order valence-corrected chi connectivity index (χ4v) is 2.68. The standard InChI is InChI=1S/C16H16N4O2/c1-10-12-4-2-3-5-13(12)22-15(10)16(21)17-8-14-19-18-9-20(14)11-6-7-11/h2-5,9,11H,6-8H2,1H3,(H,17,21). The molecule has 0 unspecified atom stereocenters. The van der Waals surface area contributed by atoms with Gasteiger partial charge in [-0.15, -0.1) is 10.2 Å². The summed E-state index contributed by atoms with van der Waals surface area (Å²) in [6.45, 7) is 2.25. The summed E-state index contributed by atoms with van der Waals surface area (Å²) in [5.41, 5.74) is 1.59. The van der Waals surface area contributed by atoms with Crippen molar-refractivity contribution in [1.82, 2.24) is 20.1 Å². The number of benzene rings is 1. The fourth-order valence-electron chi connectivity index (χ4n) is 2.68. The number of furan rings is 1. The van der Waals surface area contributed by atoms with Crippen molar-refractivity contribution in [3.63, 3.8) is 0 Å². The summed E-state index contributed by atoms with van der Waals surface area (Å²) in [5.74, 6) is 0.919. The maximum Gasteiger partial charge on any atom is 0.287 e. The smallest absolute Gasteiger partial charge is 0.287 e. The number of para-hydroxylation sites is 1. The van der Waals surface area contributed by atoms with E-state index < -0.39 is 0 Å². The molecule has 1 N–H and O–H groups in total. The Morgan fingerprint density at radius 3 is 3.00 bits per heavy atom. The molecule has 0 spiro atoms. The van der Waals surface area contributed by atoms with E-state index in [9.17, 15) is 4.79 Å². The van der Waals surface area contributed by atoms with Crippen LogP contribution in [-0.2, 0) is 6.54 Å². The predicted molar refractivity (Wildman–Crippen MR) is 80.4 cm³/mol. The second-order valence-corrected chi connectivity index (χ2v) is 5.62. The fraction of sp³-hybridized carbons (Fsp3) is 0.312. The lowest BCUT2D eigenvalue weighted by molar-refractivity contribution is 0.0923. The molecule has 0 radical (unpaired) electrons. The van der Waals surface area contributed by atoms with Crippen molar-refractivity contribution in [1.29, 1.82) is 0 Å². The Balaban J connectivity index is 1.53. The number of hydrogen-bond donors (Lipinski definition) is 1. The Morgan fingerprint density at radius 1 is 1.41 bits per heavy atom. The number of aromatic nitrogens is 3. The molecule has 3 aromatic rings. The Morgan fingerprint density at radius 2 is 2.23 bits per heavy atom. The third-order valence-corrected chi connectivity index (χ3v) is 4.04. The zero-order valence-corrected chi connectivity index (χ0v) is 12.2. The van der Waals surface area contributed by atoms with Crippen LogP contribution in [0.2, 0.25) is 0 Å². The lowest BCUT2D eigenvalue weighted by atomic mass is 10.1. The topological polar surface area (TPSA) is 73.0 Å². The van der Waals surface area contributed by atoms with Crippen molar-refractivity contribution in [3.8, 4) is 0 Å². The summed E-state index contributed by atoms with van der Waals surface area (Å²) >= 11 is 0. The van der Waals surface area contributed by atoms with Gasteiger partial charge in [-0.1, -0.05) is 18.2 Å². The van der Waals surface area contributed by atoms with E-state index in [4.69, 9.17) is 4.42 Å². The van der Waals surface area contributed by atoms with E-state index >= 15 is 0 Å². The summed E-state index contributed by atoms with van der Waals surface area (Å²) < 4.78 is 7.70. The van der Waals surface area contributed by atoms with Crippen LogP contribution < -0.4 is 5.32 Å². The maximum atomic E-state index is 12.4. The van der Waals surface area contributed by atoms with E-state index in [1.54, 1.807) is 6.33 Å². The van der Waals surface area contributed by atoms with Crippen LogP contribution in [0.25, 0.3) is 11.0 Å². The van der Waals surface area contributed by atoms with Crippen molar-refractivity contribution >= 4 is 16.9 Å². The largest absolute Gasteiger partial charge is 0.451 e. The lowest BCUT2D eigenvalue weighted by Crippen LogP contribution is -2.24. The number of nitrogens with zero attached hydrogens (tertiary/aromatic N) is 3. The molecule has 4 rings (SSSR count). The molecule has 0 bridgehead atoms. The zero-order chi connectivity index (χ0) is 15.1. The van der Waals surface area contributed by atoms with Crippen LogP contribution in [0, 0.1) is 6.92 Å². The van der Waals surface area contributed by atoms with E-state index in [2.05, 4.69) is 15.5 Å². The van der Waals surface area contributed by atoms with Gasteiger partial charge >= 0.3 is 0 Å². The van der Waals surface area contributed by atoms with Gasteiger partial charge in [0.2, 0.25) is 0 Å². The molecule has 0 saturated heterocycles. The Labute approximate surface area is 127 Å². The van der Waals surface area contributed by atoms with Gasteiger partial charge in [-0.25, -0.2) is 0 Å². The van der Waals surface area contributed by atoms with E-state index in [0.717, 1.165) is 35.2 Å². The third-order valence-electron chi connectivity index (χ3n) is 4.04. The normalized spacial score (nSPS) is 14.4. The quantitative estimate of drug-likeness (QED) is 0.803. The average Bonchev–Trinajstić information content (AvgIpc) is 3.18. The van der Waals surface area contributed by atoms with Crippen LogP contribution in [0.15, 0.2) is 35.0 Å². The lowest BCUT2D eigenvalue weighted by Gasteiger charge is -2.05. The summed E-state index contributed by atoms with van der Waals surface area (Å²) in [6, 6.07) is 8.14. The minimum absolute atomic E-state index is 0.223. The Kier molecular flexibility index (Phi) is 2.96. The van der Waals surface area contributed by atoms with E-state index in [-0.39, 0.29) is 5.91 Å². The van der Waals surface area contributed by atoms with Gasteiger partial charge in [-0.2, -0.15) is 0 Å². The number of fused-ring (bicyclic) bond motifs is 1. The molecule has 1 fully saturated rings. The molecule has 0 atom stereocenters. The highest BCUT2D eigenvalue weighted by Gasteiger charge is 2.26. The second-order valence-electron chi connectivity index (χ2n) is 5.62. The number of carbonyl (C=O) groups excluding carboxylic acids is 1. The molecule has 1 saturated carbocycles. The first-order chi connectivity index (χ1) is 10.7. The van der Waals surface area contributed by atoms with Crippen LogP contribution in [-0.4, -0.2) is 20.7 Å². The second kappa shape index (κ2) is 4.98. The van der Waals surface area contributed by atoms with Crippen LogP contribution in [0.5, 0.6) is 0 Å². The van der Waals surface area contributed by atoms with Gasteiger partial charge in [0.1, 0.15) is 11.9 Å². The summed E-state index contributed by atoms with van der Waals surface area (Å²) in [6.07, 6.45) is 4.04. The van der Waals surface area contributed by atoms with Gasteiger partial charge in [-0.05, 0) is 25.8 Å². The molecule has 1 aliphatic carbocycles. The Hall–Kier alpha value is -2.63. The highest BCUT2D eigenvalue weighted by molar-refractivity contribution is 5.98. The van der Waals surface area contributed by atoms with Crippen molar-refractivity contribution in [2.24, 2.45) is 0 Å². The first kappa shape index (κ1) is 13.1. The first-order valence-electron chi connectivity index (χ1n) is 7.39. The SMILES string of the molecule is Cc1c(C(=O)NCc2nncn2C2CC2)oc2ccccc12. The molecule has 2 heterocycles. The summed E-state index contributed by atoms with van der Waals surface area (Å²) in [7, 11) is 0. The maximum absolute atomic E-state index is 12.4. The van der Waals surface area contributed by atoms with Gasteiger partial charge in [0, 0.05) is 17.0 Å². The van der Waals surface area contributed by atoms with Gasteiger partial charge in [0.05, 0.1) is 6.54 Å². The molecule has 22 heavy (non-hydrogen) atoms. The number of aryl methyl sites for hydroxylation is 1. The van der Waals surface area contributed by atoms with Crippen LogP contribution in [0.1, 0.15) is 40.8 Å². The van der Waals surface area contributed by atoms with Crippen molar-refractivity contribution in [3.05, 3.63) is 47.7 Å². The van der Waals surface area contributed by atoms with Gasteiger partial charge in [0.15, 0.2) is 11.6 Å². The number of carbonyl (C=O) groups is 1. The van der Waals surface area contributed by atoms with Crippen LogP contribution >= 0.6 is 0 Å². The van der Waals surface area contributed by atoms with Crippen molar-refractivity contribution < 1.29 is 9.21 Å². The molecule has 1 aromatic carbocycles. The van der Waals surface area contributed by atoms with E-state index in [1.165, 1.54) is 0 Å². The summed E-state index contributed by atoms with van der Waals surface area (Å²) in [4.78, 5) is 12.4. The monoisotopic (exact) mass is 296 g/mol. The average molecular weight is 296 g/mol. The van der Waals surface area contributed by atoms with E-state index in [0.29, 0.717) is 18.3 Å². The molecule has 6 nitrogen and oxygen atoms in total. The van der Waals surface area contributed by atoms with Gasteiger partial charge in [0.25, 0.3) is 5.91 Å².